The lowest BCUT2D eigenvalue weighted by molar-refractivity contribution is 0.0950. The maximum atomic E-state index is 12.7. The molecule has 1 aliphatic rings. The zero-order valence-electron chi connectivity index (χ0n) is 15.9. The molecule has 2 aromatic heterocycles. The molecule has 9 heteroatoms. The Labute approximate surface area is 169 Å². The molecule has 3 aromatic rings. The smallest absolute Gasteiger partial charge is 0.253 e. The first-order chi connectivity index (χ1) is 13.9. The van der Waals surface area contributed by atoms with Crippen molar-refractivity contribution in [3.05, 3.63) is 66.1 Å². The van der Waals surface area contributed by atoms with Gasteiger partial charge in [-0.1, -0.05) is 12.1 Å². The number of rotatable bonds is 5. The molecule has 0 spiro atoms. The van der Waals surface area contributed by atoms with Crippen LogP contribution in [0.5, 0.6) is 0 Å². The van der Waals surface area contributed by atoms with E-state index in [1.165, 1.54) is 4.31 Å². The SMILES string of the molecule is NC1CCN(S(=O)(=O)c2ccc(CNC(=O)c3ccc4nccn4c3)cc2)CC1. The Morgan fingerprint density at radius 1 is 1.14 bits per heavy atom. The highest BCUT2D eigenvalue weighted by atomic mass is 32.2. The molecule has 0 bridgehead atoms. The van der Waals surface area contributed by atoms with Crippen molar-refractivity contribution in [1.29, 1.82) is 0 Å². The molecule has 1 aliphatic heterocycles. The predicted molar refractivity (Wildman–Crippen MR) is 109 cm³/mol. The Bertz CT molecular complexity index is 1120. The molecule has 0 atom stereocenters. The summed E-state index contributed by atoms with van der Waals surface area (Å²) in [6.07, 6.45) is 6.52. The first-order valence-corrected chi connectivity index (χ1v) is 10.9. The number of carbonyl (C=O) groups is 1. The molecule has 4 rings (SSSR count). The second kappa shape index (κ2) is 7.94. The first-order valence-electron chi connectivity index (χ1n) is 9.49. The largest absolute Gasteiger partial charge is 0.348 e. The van der Waals surface area contributed by atoms with Gasteiger partial charge < -0.3 is 15.5 Å². The van der Waals surface area contributed by atoms with Gasteiger partial charge >= 0.3 is 0 Å². The summed E-state index contributed by atoms with van der Waals surface area (Å²) in [5.74, 6) is -0.207. The fraction of sp³-hybridized carbons (Fsp3) is 0.300. The van der Waals surface area contributed by atoms with Crippen molar-refractivity contribution in [3.8, 4) is 0 Å². The minimum Gasteiger partial charge on any atom is -0.348 e. The zero-order valence-corrected chi connectivity index (χ0v) is 16.7. The van der Waals surface area contributed by atoms with E-state index in [0.29, 0.717) is 38.0 Å². The summed E-state index contributed by atoms with van der Waals surface area (Å²) >= 11 is 0. The molecule has 0 unspecified atom stereocenters. The van der Waals surface area contributed by atoms with E-state index in [2.05, 4.69) is 10.3 Å². The topological polar surface area (TPSA) is 110 Å². The van der Waals surface area contributed by atoms with E-state index >= 15 is 0 Å². The number of fused-ring (bicyclic) bond motifs is 1. The number of sulfonamides is 1. The maximum absolute atomic E-state index is 12.7. The second-order valence-electron chi connectivity index (χ2n) is 7.18. The van der Waals surface area contributed by atoms with E-state index in [1.54, 1.807) is 59.4 Å². The van der Waals surface area contributed by atoms with Crippen LogP contribution < -0.4 is 11.1 Å². The number of benzene rings is 1. The van der Waals surface area contributed by atoms with Gasteiger partial charge in [-0.15, -0.1) is 0 Å². The van der Waals surface area contributed by atoms with Crippen LogP contribution in [0.25, 0.3) is 5.65 Å². The number of hydrogen-bond acceptors (Lipinski definition) is 5. The van der Waals surface area contributed by atoms with Crippen molar-refractivity contribution < 1.29 is 13.2 Å². The van der Waals surface area contributed by atoms with Gasteiger partial charge in [-0.05, 0) is 42.7 Å². The molecule has 152 valence electrons. The average molecular weight is 414 g/mol. The number of nitrogens with one attached hydrogen (secondary N) is 1. The highest BCUT2D eigenvalue weighted by Crippen LogP contribution is 2.20. The van der Waals surface area contributed by atoms with Crippen molar-refractivity contribution >= 4 is 21.6 Å². The lowest BCUT2D eigenvalue weighted by Gasteiger charge is -2.29. The molecule has 8 nitrogen and oxygen atoms in total. The first kappa shape index (κ1) is 19.6. The summed E-state index contributed by atoms with van der Waals surface area (Å²) in [7, 11) is -3.51. The molecule has 0 aliphatic carbocycles. The van der Waals surface area contributed by atoms with Gasteiger partial charge in [0.2, 0.25) is 10.0 Å². The summed E-state index contributed by atoms with van der Waals surface area (Å²) in [5.41, 5.74) is 7.98. The number of carbonyl (C=O) groups excluding carboxylic acids is 1. The molecule has 1 fully saturated rings. The third-order valence-corrected chi connectivity index (χ3v) is 7.08. The molecule has 3 N–H and O–H groups in total. The number of amides is 1. The lowest BCUT2D eigenvalue weighted by atomic mass is 10.1. The van der Waals surface area contributed by atoms with Gasteiger partial charge in [0, 0.05) is 44.3 Å². The lowest BCUT2D eigenvalue weighted by Crippen LogP contribution is -2.42. The Kier molecular flexibility index (Phi) is 5.35. The quantitative estimate of drug-likeness (QED) is 0.657. The van der Waals surface area contributed by atoms with Crippen LogP contribution in [0.1, 0.15) is 28.8 Å². The Balaban J connectivity index is 1.39. The number of pyridine rings is 1. The van der Waals surface area contributed by atoms with Gasteiger partial charge in [0.25, 0.3) is 5.91 Å². The maximum Gasteiger partial charge on any atom is 0.253 e. The summed E-state index contributed by atoms with van der Waals surface area (Å²) < 4.78 is 28.8. The van der Waals surface area contributed by atoms with Gasteiger partial charge in [0.15, 0.2) is 0 Å². The molecule has 3 heterocycles. The van der Waals surface area contributed by atoms with Crippen LogP contribution in [0.15, 0.2) is 59.9 Å². The third kappa shape index (κ3) is 4.16. The van der Waals surface area contributed by atoms with Gasteiger partial charge in [0.05, 0.1) is 10.5 Å². The molecule has 29 heavy (non-hydrogen) atoms. The number of hydrogen-bond donors (Lipinski definition) is 2. The molecule has 0 radical (unpaired) electrons. The number of nitrogens with zero attached hydrogens (tertiary/aromatic N) is 3. The average Bonchev–Trinajstić information content (AvgIpc) is 3.20. The second-order valence-corrected chi connectivity index (χ2v) is 9.12. The van der Waals surface area contributed by atoms with Crippen LogP contribution >= 0.6 is 0 Å². The van der Waals surface area contributed by atoms with Gasteiger partial charge in [-0.25, -0.2) is 13.4 Å². The summed E-state index contributed by atoms with van der Waals surface area (Å²) in [5, 5.41) is 2.85. The number of nitrogens with two attached hydrogens (primary N) is 1. The Morgan fingerprint density at radius 3 is 2.59 bits per heavy atom. The molecular weight excluding hydrogens is 390 g/mol. The minimum absolute atomic E-state index is 0.0712. The monoisotopic (exact) mass is 413 g/mol. The van der Waals surface area contributed by atoms with Gasteiger partial charge in [-0.2, -0.15) is 4.31 Å². The van der Waals surface area contributed by atoms with Crippen LogP contribution in [0.4, 0.5) is 0 Å². The molecule has 1 aromatic carbocycles. The number of aromatic nitrogens is 2. The third-order valence-electron chi connectivity index (χ3n) is 5.16. The van der Waals surface area contributed by atoms with E-state index in [9.17, 15) is 13.2 Å². The Hall–Kier alpha value is -2.75. The zero-order chi connectivity index (χ0) is 20.4. The van der Waals surface area contributed by atoms with Crippen molar-refractivity contribution in [2.24, 2.45) is 5.73 Å². The summed E-state index contributed by atoms with van der Waals surface area (Å²) in [4.78, 5) is 16.8. The fourth-order valence-corrected chi connectivity index (χ4v) is 4.85. The van der Waals surface area contributed by atoms with E-state index < -0.39 is 10.0 Å². The van der Waals surface area contributed by atoms with Crippen molar-refractivity contribution in [3.63, 3.8) is 0 Å². The van der Waals surface area contributed by atoms with E-state index in [4.69, 9.17) is 5.73 Å². The van der Waals surface area contributed by atoms with Crippen molar-refractivity contribution in [1.82, 2.24) is 19.0 Å². The highest BCUT2D eigenvalue weighted by molar-refractivity contribution is 7.89. The summed E-state index contributed by atoms with van der Waals surface area (Å²) in [6.45, 7) is 1.20. The Morgan fingerprint density at radius 2 is 1.86 bits per heavy atom. The molecule has 1 amide bonds. The van der Waals surface area contributed by atoms with Gasteiger partial charge in [0.1, 0.15) is 5.65 Å². The summed E-state index contributed by atoms with van der Waals surface area (Å²) in [6, 6.07) is 10.2. The number of imidazole rings is 1. The van der Waals surface area contributed by atoms with E-state index in [-0.39, 0.29) is 16.8 Å². The van der Waals surface area contributed by atoms with Crippen molar-refractivity contribution in [2.45, 2.75) is 30.3 Å². The van der Waals surface area contributed by atoms with Crippen LogP contribution in [-0.4, -0.2) is 47.1 Å². The number of piperidine rings is 1. The van der Waals surface area contributed by atoms with Gasteiger partial charge in [-0.3, -0.25) is 4.79 Å². The van der Waals surface area contributed by atoms with E-state index in [0.717, 1.165) is 11.2 Å². The normalized spacial score (nSPS) is 16.2. The fourth-order valence-electron chi connectivity index (χ4n) is 3.38. The van der Waals surface area contributed by atoms with Crippen LogP contribution in [0.3, 0.4) is 0 Å². The van der Waals surface area contributed by atoms with Crippen LogP contribution in [0.2, 0.25) is 0 Å². The van der Waals surface area contributed by atoms with Crippen LogP contribution in [-0.2, 0) is 16.6 Å². The predicted octanol–water partition coefficient (Wildman–Crippen LogP) is 1.38. The van der Waals surface area contributed by atoms with Crippen molar-refractivity contribution in [2.75, 3.05) is 13.1 Å². The highest BCUT2D eigenvalue weighted by Gasteiger charge is 2.28. The minimum atomic E-state index is -3.51. The van der Waals surface area contributed by atoms with Crippen LogP contribution in [0, 0.1) is 0 Å². The standard InChI is InChI=1S/C20H23N5O3S/c21-17-7-10-25(11-8-17)29(27,28)18-4-1-15(2-5-18)13-23-20(26)16-3-6-19-22-9-12-24(19)14-16/h1-6,9,12,14,17H,7-8,10-11,13,21H2,(H,23,26). The molecular formula is C20H23N5O3S. The molecule has 1 saturated heterocycles. The van der Waals surface area contributed by atoms with E-state index in [1.807, 2.05) is 0 Å². The molecule has 0 saturated carbocycles.